The molecule has 0 saturated heterocycles. The van der Waals surface area contributed by atoms with Crippen LogP contribution in [0.1, 0.15) is 26.3 Å². The van der Waals surface area contributed by atoms with E-state index in [0.717, 1.165) is 61.4 Å². The molecule has 0 fully saturated rings. The summed E-state index contributed by atoms with van der Waals surface area (Å²) in [6.07, 6.45) is 0. The van der Waals surface area contributed by atoms with Gasteiger partial charge in [0.1, 0.15) is 0 Å². The lowest BCUT2D eigenvalue weighted by Crippen LogP contribution is -2.10. The average Bonchev–Trinajstić information content (AvgIpc) is 4.46. The minimum Gasteiger partial charge on any atom is -0.309 e. The second kappa shape index (κ2) is 18.0. The first-order valence-electron chi connectivity index (χ1n) is 27.2. The number of nitrogens with zero attached hydrogens (tertiary/aromatic N) is 5. The van der Waals surface area contributed by atoms with E-state index < -0.39 is 0 Å². The molecule has 0 N–H and O–H groups in total. The first kappa shape index (κ1) is 46.6. The topological polar surface area (TPSA) is 48.5 Å². The molecule has 16 rings (SSSR count). The van der Waals surface area contributed by atoms with Gasteiger partial charge >= 0.3 is 0 Å². The number of benzene rings is 11. The third-order valence-electron chi connectivity index (χ3n) is 16.1. The molecule has 0 atom stereocenters. The van der Waals surface area contributed by atoms with Crippen LogP contribution in [0, 0.1) is 0 Å². The summed E-state index contributed by atoms with van der Waals surface area (Å²) in [6, 6.07) is 88.6. The number of fused-ring (bicyclic) bond motifs is 12. The largest absolute Gasteiger partial charge is 0.309 e. The predicted octanol–water partition coefficient (Wildman–Crippen LogP) is 20.4. The van der Waals surface area contributed by atoms with Crippen LogP contribution >= 0.6 is 22.7 Å². The van der Waals surface area contributed by atoms with Gasteiger partial charge in [-0.2, -0.15) is 0 Å². The van der Waals surface area contributed by atoms with Gasteiger partial charge in [-0.05, 0) is 101 Å². The van der Waals surface area contributed by atoms with E-state index in [1.165, 1.54) is 78.5 Å². The van der Waals surface area contributed by atoms with Crippen LogP contribution in [0.2, 0.25) is 0 Å². The highest BCUT2D eigenvalue weighted by molar-refractivity contribution is 7.26. The molecule has 16 aromatic rings. The highest BCUT2D eigenvalue weighted by atomic mass is 32.1. The van der Waals surface area contributed by atoms with Gasteiger partial charge in [-0.1, -0.05) is 185 Å². The van der Waals surface area contributed by atoms with Gasteiger partial charge in [0.15, 0.2) is 17.5 Å². The number of hydrogen-bond acceptors (Lipinski definition) is 5. The van der Waals surface area contributed by atoms with Crippen molar-refractivity contribution >= 4 is 107 Å². The maximum absolute atomic E-state index is 5.50. The summed E-state index contributed by atoms with van der Waals surface area (Å²) >= 11 is 3.61. The van der Waals surface area contributed by atoms with Crippen molar-refractivity contribution in [2.45, 2.75) is 26.2 Å². The fourth-order valence-corrected chi connectivity index (χ4v) is 14.5. The molecule has 80 heavy (non-hydrogen) atoms. The van der Waals surface area contributed by atoms with Crippen LogP contribution in [-0.2, 0) is 5.41 Å². The van der Waals surface area contributed by atoms with E-state index in [4.69, 9.17) is 15.0 Å². The summed E-state index contributed by atoms with van der Waals surface area (Å²) in [6.45, 7) is 6.91. The molecule has 0 unspecified atom stereocenters. The van der Waals surface area contributed by atoms with Crippen molar-refractivity contribution in [3.05, 3.63) is 248 Å². The normalized spacial score (nSPS) is 12.2. The Kier molecular flexibility index (Phi) is 10.5. The molecular weight excluding hydrogens is 1010 g/mol. The third-order valence-corrected chi connectivity index (χ3v) is 18.4. The first-order chi connectivity index (χ1) is 39.3. The fraction of sp³-hybridized carbons (Fsp3) is 0.0548. The van der Waals surface area contributed by atoms with Gasteiger partial charge in [0.25, 0.3) is 0 Å². The quantitative estimate of drug-likeness (QED) is 0.160. The van der Waals surface area contributed by atoms with Crippen LogP contribution in [0.15, 0.2) is 243 Å². The van der Waals surface area contributed by atoms with Crippen LogP contribution < -0.4 is 0 Å². The maximum atomic E-state index is 5.50. The Morgan fingerprint density at radius 2 is 0.725 bits per heavy atom. The molecule has 5 heterocycles. The van der Waals surface area contributed by atoms with Gasteiger partial charge in [-0.25, -0.2) is 15.0 Å². The van der Waals surface area contributed by atoms with Crippen LogP contribution in [0.3, 0.4) is 0 Å². The van der Waals surface area contributed by atoms with Crippen molar-refractivity contribution in [3.8, 4) is 67.8 Å². The van der Waals surface area contributed by atoms with Crippen LogP contribution in [0.4, 0.5) is 0 Å². The van der Waals surface area contributed by atoms with Crippen molar-refractivity contribution in [2.75, 3.05) is 0 Å². The minimum atomic E-state index is -0.0748. The molecule has 0 bridgehead atoms. The molecule has 0 radical (unpaired) electrons. The lowest BCUT2D eigenvalue weighted by atomic mass is 9.86. The Bertz CT molecular complexity index is 4920. The zero-order chi connectivity index (χ0) is 53.2. The monoisotopic (exact) mass is 1060 g/mol. The lowest BCUT2D eigenvalue weighted by Gasteiger charge is -2.22. The third kappa shape index (κ3) is 7.46. The Morgan fingerprint density at radius 1 is 0.300 bits per heavy atom. The second-order valence-corrected chi connectivity index (χ2v) is 24.1. The minimum absolute atomic E-state index is 0.0748. The van der Waals surface area contributed by atoms with E-state index in [2.05, 4.69) is 273 Å². The van der Waals surface area contributed by atoms with E-state index in [1.807, 2.05) is 0 Å². The summed E-state index contributed by atoms with van der Waals surface area (Å²) in [4.78, 5) is 16.4. The molecule has 0 spiro atoms. The molecular formula is C73H49N5S2. The van der Waals surface area contributed by atoms with E-state index in [9.17, 15) is 0 Å². The van der Waals surface area contributed by atoms with Crippen molar-refractivity contribution in [1.82, 2.24) is 24.1 Å². The SMILES string of the molecule is CC(C)(C)c1ccc2c(c1)c1cc(-n3c4ccccc4c4ccccc43)ccc1n2-c1c(-c2ccccc2)cc(-c2nc(-c3ccc4c(c3)sc3ccccc34)nc(-c3ccc4c(c3)sc3ccccc34)n2)cc1-c1ccccc1. The van der Waals surface area contributed by atoms with Crippen molar-refractivity contribution in [3.63, 3.8) is 0 Å². The zero-order valence-corrected chi connectivity index (χ0v) is 45.8. The number of para-hydroxylation sites is 2. The van der Waals surface area contributed by atoms with Gasteiger partial charge in [-0.3, -0.25) is 0 Å². The van der Waals surface area contributed by atoms with Crippen molar-refractivity contribution in [2.24, 2.45) is 0 Å². The molecule has 0 aliphatic rings. The molecule has 0 saturated carbocycles. The molecule has 0 aliphatic carbocycles. The Labute approximate surface area is 470 Å². The number of thiophene rings is 2. The molecule has 5 aromatic heterocycles. The lowest BCUT2D eigenvalue weighted by molar-refractivity contribution is 0.591. The summed E-state index contributed by atoms with van der Waals surface area (Å²) in [5.41, 5.74) is 15.1. The van der Waals surface area contributed by atoms with E-state index >= 15 is 0 Å². The molecule has 11 aromatic carbocycles. The van der Waals surface area contributed by atoms with Crippen LogP contribution in [-0.4, -0.2) is 24.1 Å². The molecule has 5 nitrogen and oxygen atoms in total. The zero-order valence-electron chi connectivity index (χ0n) is 44.1. The van der Waals surface area contributed by atoms with Gasteiger partial charge in [0.2, 0.25) is 0 Å². The summed E-state index contributed by atoms with van der Waals surface area (Å²) < 4.78 is 9.87. The Balaban J connectivity index is 0.972. The molecule has 7 heteroatoms. The Hall–Kier alpha value is -9.53. The number of aromatic nitrogens is 5. The average molecular weight is 1060 g/mol. The highest BCUT2D eigenvalue weighted by Crippen LogP contribution is 2.46. The summed E-state index contributed by atoms with van der Waals surface area (Å²) in [5, 5.41) is 9.86. The highest BCUT2D eigenvalue weighted by Gasteiger charge is 2.26. The van der Waals surface area contributed by atoms with E-state index in [0.29, 0.717) is 17.5 Å². The summed E-state index contributed by atoms with van der Waals surface area (Å²) in [7, 11) is 0. The molecule has 0 amide bonds. The maximum Gasteiger partial charge on any atom is 0.164 e. The van der Waals surface area contributed by atoms with Crippen molar-refractivity contribution < 1.29 is 0 Å². The predicted molar refractivity (Wildman–Crippen MR) is 340 cm³/mol. The number of hydrogen-bond donors (Lipinski definition) is 0. The van der Waals surface area contributed by atoms with Crippen molar-refractivity contribution in [1.29, 1.82) is 0 Å². The van der Waals surface area contributed by atoms with Gasteiger partial charge in [0.05, 0.1) is 27.8 Å². The van der Waals surface area contributed by atoms with Gasteiger partial charge in [-0.15, -0.1) is 22.7 Å². The fourth-order valence-electron chi connectivity index (χ4n) is 12.2. The van der Waals surface area contributed by atoms with E-state index in [1.54, 1.807) is 22.7 Å². The van der Waals surface area contributed by atoms with E-state index in [-0.39, 0.29) is 5.41 Å². The molecule has 378 valence electrons. The van der Waals surface area contributed by atoms with Crippen LogP contribution in [0.25, 0.3) is 152 Å². The number of rotatable bonds is 7. The molecule has 0 aliphatic heterocycles. The van der Waals surface area contributed by atoms with Crippen LogP contribution in [0.5, 0.6) is 0 Å². The Morgan fingerprint density at radius 3 is 1.25 bits per heavy atom. The standard InChI is InChI=1S/C73H49N5S2/c1-73(2,3)49-32-36-63-59(42-49)60-43-50(77-61-26-14-10-22-51(61)52-23-11-15-27-62(52)77)33-37-64(60)78(63)69-57(44-18-6-4-7-19-44)38-48(39-58(69)45-20-8-5-9-21-45)72-75-70(46-30-34-55-53-24-12-16-28-65(53)79-67(55)40-46)74-71(76-72)47-31-35-56-54-25-13-17-29-66(54)80-68(56)41-47/h4-43H,1-3H3. The second-order valence-electron chi connectivity index (χ2n) is 22.0. The smallest absolute Gasteiger partial charge is 0.164 e. The van der Waals surface area contributed by atoms with Gasteiger partial charge in [0, 0.05) is 95.4 Å². The summed E-state index contributed by atoms with van der Waals surface area (Å²) in [5.74, 6) is 1.86. The first-order valence-corrected chi connectivity index (χ1v) is 28.9. The van der Waals surface area contributed by atoms with Gasteiger partial charge < -0.3 is 9.13 Å².